The van der Waals surface area contributed by atoms with E-state index in [1.807, 2.05) is 29.0 Å². The molecule has 6 nitrogen and oxygen atoms in total. The van der Waals surface area contributed by atoms with Crippen molar-refractivity contribution in [2.75, 3.05) is 24.7 Å². The molecule has 2 atom stereocenters. The second-order valence-corrected chi connectivity index (χ2v) is 6.26. The van der Waals surface area contributed by atoms with Crippen LogP contribution in [0.5, 0.6) is 0 Å². The van der Waals surface area contributed by atoms with Crippen LogP contribution >= 0.6 is 11.8 Å². The maximum Gasteiger partial charge on any atom is 0.235 e. The second kappa shape index (κ2) is 6.98. The molecule has 0 saturated carbocycles. The van der Waals surface area contributed by atoms with Gasteiger partial charge >= 0.3 is 0 Å². The Bertz CT molecular complexity index is 513. The number of nitrogens with one attached hydrogen (secondary N) is 1. The van der Waals surface area contributed by atoms with Gasteiger partial charge in [0.1, 0.15) is 0 Å². The van der Waals surface area contributed by atoms with Crippen molar-refractivity contribution in [2.45, 2.75) is 38.0 Å². The fourth-order valence-corrected chi connectivity index (χ4v) is 3.28. The lowest BCUT2D eigenvalue weighted by molar-refractivity contribution is -0.129. The van der Waals surface area contributed by atoms with E-state index in [0.29, 0.717) is 12.4 Å². The zero-order chi connectivity index (χ0) is 15.4. The molecule has 1 fully saturated rings. The first-order valence-corrected chi connectivity index (χ1v) is 8.48. The van der Waals surface area contributed by atoms with Crippen LogP contribution in [0.1, 0.15) is 32.7 Å². The fraction of sp³-hybridized carbons (Fsp3) is 0.643. The molecule has 1 aliphatic rings. The average molecular weight is 310 g/mol. The number of hydrogen-bond donors (Lipinski definition) is 1. The number of carbonyl (C=O) groups is 2. The molecule has 7 heteroatoms. The number of carbonyl (C=O) groups excluding carboxylic acids is 2. The first kappa shape index (κ1) is 15.9. The van der Waals surface area contributed by atoms with E-state index in [9.17, 15) is 9.59 Å². The van der Waals surface area contributed by atoms with Gasteiger partial charge in [-0.15, -0.1) is 0 Å². The number of nitrogens with zero attached hydrogens (tertiary/aromatic N) is 3. The van der Waals surface area contributed by atoms with Gasteiger partial charge in [0.2, 0.25) is 11.8 Å². The van der Waals surface area contributed by atoms with Crippen LogP contribution in [0.3, 0.4) is 0 Å². The Kier molecular flexibility index (Phi) is 5.27. The van der Waals surface area contributed by atoms with Crippen molar-refractivity contribution in [1.82, 2.24) is 14.7 Å². The molecule has 0 unspecified atom stereocenters. The van der Waals surface area contributed by atoms with Crippen LogP contribution in [0, 0.1) is 0 Å². The topological polar surface area (TPSA) is 67.2 Å². The highest BCUT2D eigenvalue weighted by Gasteiger charge is 2.31. The van der Waals surface area contributed by atoms with Crippen molar-refractivity contribution in [1.29, 1.82) is 0 Å². The molecule has 1 saturated heterocycles. The Morgan fingerprint density at radius 3 is 2.95 bits per heavy atom. The summed E-state index contributed by atoms with van der Waals surface area (Å²) in [5.74, 6) is 0.652. The summed E-state index contributed by atoms with van der Waals surface area (Å²) in [6.07, 6.45) is 5.59. The monoisotopic (exact) mass is 310 g/mol. The van der Waals surface area contributed by atoms with Gasteiger partial charge in [-0.1, -0.05) is 6.92 Å². The Labute approximate surface area is 129 Å². The quantitative estimate of drug-likeness (QED) is 0.900. The largest absolute Gasteiger partial charge is 0.340 e. The van der Waals surface area contributed by atoms with Gasteiger partial charge < -0.3 is 10.2 Å². The number of amides is 2. The van der Waals surface area contributed by atoms with Gasteiger partial charge in [-0.3, -0.25) is 14.3 Å². The zero-order valence-electron chi connectivity index (χ0n) is 12.7. The Balaban J connectivity index is 1.97. The number of rotatable bonds is 5. The molecule has 1 aromatic rings. The first-order chi connectivity index (χ1) is 10.0. The number of thioether (sulfide) groups is 1. The summed E-state index contributed by atoms with van der Waals surface area (Å²) < 4.78 is 1.85. The summed E-state index contributed by atoms with van der Waals surface area (Å²) in [4.78, 5) is 25.3. The highest BCUT2D eigenvalue weighted by atomic mass is 32.2. The number of hydrogen-bond acceptors (Lipinski definition) is 4. The Morgan fingerprint density at radius 1 is 1.57 bits per heavy atom. The molecule has 0 spiro atoms. The molecular weight excluding hydrogens is 288 g/mol. The van der Waals surface area contributed by atoms with Crippen LogP contribution in [-0.4, -0.2) is 51.1 Å². The van der Waals surface area contributed by atoms with Crippen molar-refractivity contribution in [3.8, 4) is 0 Å². The third-order valence-electron chi connectivity index (χ3n) is 3.69. The number of likely N-dealkylation sites (tertiary alicyclic amines) is 1. The summed E-state index contributed by atoms with van der Waals surface area (Å²) in [7, 11) is 0. The van der Waals surface area contributed by atoms with E-state index in [2.05, 4.69) is 10.4 Å². The summed E-state index contributed by atoms with van der Waals surface area (Å²) in [6.45, 7) is 4.97. The van der Waals surface area contributed by atoms with E-state index >= 15 is 0 Å². The minimum Gasteiger partial charge on any atom is -0.340 e. The van der Waals surface area contributed by atoms with Crippen LogP contribution in [0.15, 0.2) is 12.3 Å². The molecule has 0 bridgehead atoms. The van der Waals surface area contributed by atoms with E-state index in [-0.39, 0.29) is 23.1 Å². The van der Waals surface area contributed by atoms with Crippen LogP contribution in [0.25, 0.3) is 0 Å². The molecule has 1 aromatic heterocycles. The van der Waals surface area contributed by atoms with Gasteiger partial charge in [0, 0.05) is 32.3 Å². The van der Waals surface area contributed by atoms with Gasteiger partial charge in [-0.25, -0.2) is 0 Å². The molecular formula is C14H22N4O2S. The maximum atomic E-state index is 12.4. The molecule has 21 heavy (non-hydrogen) atoms. The van der Waals surface area contributed by atoms with Crippen LogP contribution in [-0.2, 0) is 9.59 Å². The third-order valence-corrected chi connectivity index (χ3v) is 4.80. The van der Waals surface area contributed by atoms with Gasteiger partial charge in [-0.05, 0) is 19.1 Å². The predicted molar refractivity (Wildman–Crippen MR) is 84.4 cm³/mol. The number of aromatic nitrogens is 2. The van der Waals surface area contributed by atoms with Crippen molar-refractivity contribution in [3.63, 3.8) is 0 Å². The minimum absolute atomic E-state index is 0.0521. The molecule has 116 valence electrons. The molecule has 2 heterocycles. The standard InChI is InChI=1S/C14H22N4O2S/c1-4-12(21-3)14(20)17-7-5-11(9-17)18-8-6-13(16-18)15-10(2)19/h6,8,11-12H,4-5,7,9H2,1-3H3,(H,15,16,19)/t11-,12+/m1/s1. The SMILES string of the molecule is CC[C@H](SC)C(=O)N1CC[C@@H](n2ccc(NC(C)=O)n2)C1. The predicted octanol–water partition coefficient (Wildman–Crippen LogP) is 1.76. The molecule has 0 aromatic carbocycles. The Morgan fingerprint density at radius 2 is 2.33 bits per heavy atom. The smallest absolute Gasteiger partial charge is 0.235 e. The van der Waals surface area contributed by atoms with Crippen molar-refractivity contribution in [2.24, 2.45) is 0 Å². The molecule has 2 rings (SSSR count). The van der Waals surface area contributed by atoms with E-state index in [0.717, 1.165) is 19.4 Å². The molecule has 2 amide bonds. The lowest BCUT2D eigenvalue weighted by Gasteiger charge is -2.21. The summed E-state index contributed by atoms with van der Waals surface area (Å²) >= 11 is 1.61. The third kappa shape index (κ3) is 3.78. The highest BCUT2D eigenvalue weighted by Crippen LogP contribution is 2.25. The first-order valence-electron chi connectivity index (χ1n) is 7.19. The van der Waals surface area contributed by atoms with Crippen molar-refractivity contribution in [3.05, 3.63) is 12.3 Å². The highest BCUT2D eigenvalue weighted by molar-refractivity contribution is 7.99. The van der Waals surface area contributed by atoms with Crippen LogP contribution < -0.4 is 5.32 Å². The van der Waals surface area contributed by atoms with E-state index in [4.69, 9.17) is 0 Å². The average Bonchev–Trinajstić information content (AvgIpc) is 3.07. The lowest BCUT2D eigenvalue weighted by atomic mass is 10.3. The van der Waals surface area contributed by atoms with Gasteiger partial charge in [0.05, 0.1) is 11.3 Å². The van der Waals surface area contributed by atoms with Crippen molar-refractivity contribution >= 4 is 29.4 Å². The van der Waals surface area contributed by atoms with Crippen LogP contribution in [0.2, 0.25) is 0 Å². The molecule has 0 aliphatic carbocycles. The molecule has 1 aliphatic heterocycles. The summed E-state index contributed by atoms with van der Waals surface area (Å²) in [6, 6.07) is 1.97. The molecule has 1 N–H and O–H groups in total. The summed E-state index contributed by atoms with van der Waals surface area (Å²) in [5.41, 5.74) is 0. The van der Waals surface area contributed by atoms with E-state index in [1.165, 1.54) is 6.92 Å². The maximum absolute atomic E-state index is 12.4. The number of anilines is 1. The summed E-state index contributed by atoms with van der Waals surface area (Å²) in [5, 5.41) is 7.07. The zero-order valence-corrected chi connectivity index (χ0v) is 13.5. The van der Waals surface area contributed by atoms with Gasteiger partial charge in [0.25, 0.3) is 0 Å². The minimum atomic E-state index is -0.130. The van der Waals surface area contributed by atoms with E-state index < -0.39 is 0 Å². The van der Waals surface area contributed by atoms with Gasteiger partial charge in [-0.2, -0.15) is 16.9 Å². The lowest BCUT2D eigenvalue weighted by Crippen LogP contribution is -2.36. The normalized spacial score (nSPS) is 19.6. The van der Waals surface area contributed by atoms with E-state index in [1.54, 1.807) is 17.8 Å². The second-order valence-electron chi connectivity index (χ2n) is 5.22. The van der Waals surface area contributed by atoms with Crippen LogP contribution in [0.4, 0.5) is 5.82 Å². The molecule has 0 radical (unpaired) electrons. The Hall–Kier alpha value is -1.50. The fourth-order valence-electron chi connectivity index (χ4n) is 2.59. The van der Waals surface area contributed by atoms with Gasteiger partial charge in [0.15, 0.2) is 5.82 Å². The van der Waals surface area contributed by atoms with Crippen molar-refractivity contribution < 1.29 is 9.59 Å².